The summed E-state index contributed by atoms with van der Waals surface area (Å²) in [6, 6.07) is 12.7. The van der Waals surface area contributed by atoms with Gasteiger partial charge < -0.3 is 20.3 Å². The second-order valence-corrected chi connectivity index (χ2v) is 9.52. The van der Waals surface area contributed by atoms with Crippen LogP contribution in [0.2, 0.25) is 0 Å². The smallest absolute Gasteiger partial charge is 0.323 e. The molecule has 1 fully saturated rings. The van der Waals surface area contributed by atoms with Crippen molar-refractivity contribution in [3.63, 3.8) is 0 Å². The fourth-order valence-electron chi connectivity index (χ4n) is 4.63. The molecule has 2 N–H and O–H groups in total. The van der Waals surface area contributed by atoms with Crippen molar-refractivity contribution in [1.82, 2.24) is 0 Å². The number of carbonyl (C=O) groups excluding carboxylic acids is 2. The number of rotatable bonds is 8. The zero-order chi connectivity index (χ0) is 24.9. The van der Waals surface area contributed by atoms with Crippen LogP contribution in [0.1, 0.15) is 63.5 Å². The number of hydrogen-bond acceptors (Lipinski definition) is 4. The van der Waals surface area contributed by atoms with Crippen molar-refractivity contribution >= 4 is 29.1 Å². The standard InChI is InChI=1S/C27H36FN3O3/c1-6-19(17-25(32)34-5)20-11-14-23(31-15-7-8-24(31)27(3,4)28)22(16-20)30-26(33)29-21-12-9-18(2)10-13-21/h9-14,16,19,24H,6-8,15,17H2,1-5H3,(H2,29,30,33)/t19?,24-/m0/s1. The first-order chi connectivity index (χ1) is 16.1. The number of halogens is 1. The van der Waals surface area contributed by atoms with Crippen molar-refractivity contribution in [3.05, 3.63) is 53.6 Å². The molecule has 0 spiro atoms. The molecule has 1 unspecified atom stereocenters. The van der Waals surface area contributed by atoms with Gasteiger partial charge in [0, 0.05) is 12.2 Å². The van der Waals surface area contributed by atoms with E-state index in [1.54, 1.807) is 13.8 Å². The Kier molecular flexibility index (Phi) is 8.18. The molecule has 1 aliphatic heterocycles. The van der Waals surface area contributed by atoms with E-state index in [-0.39, 0.29) is 30.4 Å². The lowest BCUT2D eigenvalue weighted by Gasteiger charge is -2.35. The van der Waals surface area contributed by atoms with E-state index in [2.05, 4.69) is 10.6 Å². The van der Waals surface area contributed by atoms with Crippen LogP contribution in [0.3, 0.4) is 0 Å². The Morgan fingerprint density at radius 2 is 1.88 bits per heavy atom. The molecule has 0 aliphatic carbocycles. The fourth-order valence-corrected chi connectivity index (χ4v) is 4.63. The first-order valence-electron chi connectivity index (χ1n) is 11.9. The van der Waals surface area contributed by atoms with E-state index >= 15 is 0 Å². The van der Waals surface area contributed by atoms with Crippen LogP contribution in [-0.2, 0) is 9.53 Å². The number of alkyl halides is 1. The summed E-state index contributed by atoms with van der Waals surface area (Å²) in [5.74, 6) is -0.324. The lowest BCUT2D eigenvalue weighted by Crippen LogP contribution is -2.43. The molecule has 0 bridgehead atoms. The number of hydrogen-bond donors (Lipinski definition) is 2. The normalized spacial score (nSPS) is 16.8. The Morgan fingerprint density at radius 1 is 1.18 bits per heavy atom. The minimum atomic E-state index is -1.38. The number of anilines is 3. The third-order valence-electron chi connectivity index (χ3n) is 6.54. The molecule has 6 nitrogen and oxygen atoms in total. The van der Waals surface area contributed by atoms with E-state index in [9.17, 15) is 14.0 Å². The van der Waals surface area contributed by atoms with Crippen LogP contribution in [0.5, 0.6) is 0 Å². The Bertz CT molecular complexity index is 1000. The van der Waals surface area contributed by atoms with E-state index in [0.29, 0.717) is 17.9 Å². The minimum absolute atomic E-state index is 0.0470. The number of amides is 2. The van der Waals surface area contributed by atoms with Crippen molar-refractivity contribution in [1.29, 1.82) is 0 Å². The summed E-state index contributed by atoms with van der Waals surface area (Å²) in [6.45, 7) is 7.92. The van der Waals surface area contributed by atoms with Gasteiger partial charge in [0.2, 0.25) is 0 Å². The van der Waals surface area contributed by atoms with Crippen molar-refractivity contribution in [2.45, 2.75) is 71.0 Å². The predicted molar refractivity (Wildman–Crippen MR) is 135 cm³/mol. The maximum absolute atomic E-state index is 15.0. The SMILES string of the molecule is CCC(CC(=O)OC)c1ccc(N2CCC[C@H]2C(C)(C)F)c(NC(=O)Nc2ccc(C)cc2)c1. The number of carbonyl (C=O) groups is 2. The second kappa shape index (κ2) is 10.9. The number of benzene rings is 2. The summed E-state index contributed by atoms with van der Waals surface area (Å²) >= 11 is 0. The van der Waals surface area contributed by atoms with E-state index in [0.717, 1.165) is 36.1 Å². The monoisotopic (exact) mass is 469 g/mol. The third kappa shape index (κ3) is 6.27. The highest BCUT2D eigenvalue weighted by Gasteiger charge is 2.38. The van der Waals surface area contributed by atoms with E-state index < -0.39 is 5.67 Å². The summed E-state index contributed by atoms with van der Waals surface area (Å²) in [5.41, 5.74) is 2.71. The average molecular weight is 470 g/mol. The molecule has 0 saturated carbocycles. The Balaban J connectivity index is 1.93. The summed E-state index contributed by atoms with van der Waals surface area (Å²) in [6.07, 6.45) is 2.63. The van der Waals surface area contributed by atoms with Crippen LogP contribution < -0.4 is 15.5 Å². The maximum atomic E-state index is 15.0. The lowest BCUT2D eigenvalue weighted by molar-refractivity contribution is -0.141. The number of methoxy groups -OCH3 is 1. The Labute approximate surface area is 201 Å². The molecule has 2 aromatic carbocycles. The molecule has 2 atom stereocenters. The molecule has 1 aliphatic rings. The number of nitrogens with zero attached hydrogens (tertiary/aromatic N) is 1. The van der Waals surface area contributed by atoms with Gasteiger partial charge in [0.25, 0.3) is 0 Å². The highest BCUT2D eigenvalue weighted by molar-refractivity contribution is 6.02. The van der Waals surface area contributed by atoms with Gasteiger partial charge in [-0.05, 0) is 75.8 Å². The molecule has 0 radical (unpaired) electrons. The number of urea groups is 1. The summed E-state index contributed by atoms with van der Waals surface area (Å²) in [4.78, 5) is 26.9. The van der Waals surface area contributed by atoms with Crippen molar-refractivity contribution in [2.24, 2.45) is 0 Å². The van der Waals surface area contributed by atoms with Crippen LogP contribution in [-0.4, -0.2) is 37.4 Å². The van der Waals surface area contributed by atoms with E-state index in [1.165, 1.54) is 7.11 Å². The zero-order valence-electron chi connectivity index (χ0n) is 20.8. The summed E-state index contributed by atoms with van der Waals surface area (Å²) in [7, 11) is 1.38. The van der Waals surface area contributed by atoms with Gasteiger partial charge in [-0.3, -0.25) is 4.79 Å². The van der Waals surface area contributed by atoms with Crippen LogP contribution in [0.25, 0.3) is 0 Å². The molecule has 184 valence electrons. The quantitative estimate of drug-likeness (QED) is 0.438. The Morgan fingerprint density at radius 3 is 2.50 bits per heavy atom. The van der Waals surface area contributed by atoms with Gasteiger partial charge in [-0.1, -0.05) is 30.7 Å². The van der Waals surface area contributed by atoms with Gasteiger partial charge in [-0.25, -0.2) is 9.18 Å². The molecule has 0 aromatic heterocycles. The van der Waals surface area contributed by atoms with Crippen molar-refractivity contribution < 1.29 is 18.7 Å². The second-order valence-electron chi connectivity index (χ2n) is 9.52. The van der Waals surface area contributed by atoms with Crippen LogP contribution in [0.15, 0.2) is 42.5 Å². The number of nitrogens with one attached hydrogen (secondary N) is 2. The average Bonchev–Trinajstić information content (AvgIpc) is 3.29. The zero-order valence-corrected chi connectivity index (χ0v) is 20.8. The molecule has 7 heteroatoms. The molecule has 2 aromatic rings. The van der Waals surface area contributed by atoms with Crippen molar-refractivity contribution in [3.8, 4) is 0 Å². The van der Waals surface area contributed by atoms with Crippen molar-refractivity contribution in [2.75, 3.05) is 29.2 Å². The van der Waals surface area contributed by atoms with Gasteiger partial charge in [0.15, 0.2) is 0 Å². The molecule has 1 saturated heterocycles. The maximum Gasteiger partial charge on any atom is 0.323 e. The fraction of sp³-hybridized carbons (Fsp3) is 0.481. The minimum Gasteiger partial charge on any atom is -0.469 e. The van der Waals surface area contributed by atoms with Gasteiger partial charge in [0.05, 0.1) is 30.9 Å². The lowest BCUT2D eigenvalue weighted by atomic mass is 9.92. The molecular weight excluding hydrogens is 433 g/mol. The highest BCUT2D eigenvalue weighted by Crippen LogP contribution is 2.39. The molecular formula is C27H36FN3O3. The molecule has 34 heavy (non-hydrogen) atoms. The summed E-state index contributed by atoms with van der Waals surface area (Å²) < 4.78 is 19.9. The largest absolute Gasteiger partial charge is 0.469 e. The molecule has 1 heterocycles. The van der Waals surface area contributed by atoms with Crippen LogP contribution in [0.4, 0.5) is 26.2 Å². The first-order valence-corrected chi connectivity index (χ1v) is 11.9. The highest BCUT2D eigenvalue weighted by atomic mass is 19.1. The van der Waals surface area contributed by atoms with Gasteiger partial charge in [-0.15, -0.1) is 0 Å². The van der Waals surface area contributed by atoms with E-state index in [1.807, 2.05) is 61.2 Å². The van der Waals surface area contributed by atoms with Gasteiger partial charge in [0.1, 0.15) is 5.67 Å². The van der Waals surface area contributed by atoms with Crippen LogP contribution >= 0.6 is 0 Å². The topological polar surface area (TPSA) is 70.7 Å². The Hall–Kier alpha value is -3.09. The van der Waals surface area contributed by atoms with Gasteiger partial charge >= 0.3 is 12.0 Å². The summed E-state index contributed by atoms with van der Waals surface area (Å²) in [5, 5.41) is 5.84. The number of ether oxygens (including phenoxy) is 1. The molecule has 3 rings (SSSR count). The van der Waals surface area contributed by atoms with E-state index in [4.69, 9.17) is 4.74 Å². The van der Waals surface area contributed by atoms with Crippen LogP contribution in [0, 0.1) is 6.92 Å². The number of esters is 1. The third-order valence-corrected chi connectivity index (χ3v) is 6.54. The molecule has 2 amide bonds. The number of aryl methyl sites for hydroxylation is 1. The first kappa shape index (κ1) is 25.5. The van der Waals surface area contributed by atoms with Gasteiger partial charge in [-0.2, -0.15) is 0 Å². The predicted octanol–water partition coefficient (Wildman–Crippen LogP) is 6.41.